The molecule has 1 heterocycles. The molecule has 0 unspecified atom stereocenters. The molecule has 9 rings (SSSR count). The van der Waals surface area contributed by atoms with Crippen LogP contribution in [0.15, 0.2) is 176 Å². The number of fused-ring (bicyclic) bond motifs is 4. The average Bonchev–Trinajstić information content (AvgIpc) is 3.17. The topological polar surface area (TPSA) is 38.7 Å². The molecule has 0 bridgehead atoms. The lowest BCUT2D eigenvalue weighted by molar-refractivity contribution is 1.08. The first kappa shape index (κ1) is 27.8. The highest BCUT2D eigenvalue weighted by Gasteiger charge is 2.22. The van der Waals surface area contributed by atoms with Gasteiger partial charge in [0.25, 0.3) is 0 Å². The number of hydrogen-bond donors (Lipinski definition) is 0. The molecule has 8 aromatic carbocycles. The molecule has 0 fully saturated rings. The Morgan fingerprint density at radius 1 is 0.271 bits per heavy atom. The van der Waals surface area contributed by atoms with E-state index in [4.69, 9.17) is 15.0 Å². The van der Waals surface area contributed by atoms with Crippen LogP contribution < -0.4 is 0 Å². The van der Waals surface area contributed by atoms with Gasteiger partial charge in [-0.15, -0.1) is 0 Å². The molecule has 0 spiro atoms. The largest absolute Gasteiger partial charge is 0.208 e. The summed E-state index contributed by atoms with van der Waals surface area (Å²) in [6.45, 7) is 0. The summed E-state index contributed by atoms with van der Waals surface area (Å²) >= 11 is 0. The maximum absolute atomic E-state index is 5.35. The number of hydrogen-bond acceptors (Lipinski definition) is 3. The van der Waals surface area contributed by atoms with E-state index in [9.17, 15) is 0 Å². The van der Waals surface area contributed by atoms with E-state index in [-0.39, 0.29) is 0 Å². The second kappa shape index (κ2) is 11.7. The molecule has 0 amide bonds. The summed E-state index contributed by atoms with van der Waals surface area (Å²) in [5, 5.41) is 6.97. The summed E-state index contributed by atoms with van der Waals surface area (Å²) < 4.78 is 0. The van der Waals surface area contributed by atoms with E-state index in [0.717, 1.165) is 44.0 Å². The predicted octanol–water partition coefficient (Wildman–Crippen LogP) is 11.7. The Morgan fingerprint density at radius 2 is 0.771 bits per heavy atom. The van der Waals surface area contributed by atoms with Gasteiger partial charge in [-0.3, -0.25) is 0 Å². The van der Waals surface area contributed by atoms with Crippen molar-refractivity contribution >= 4 is 32.3 Å². The summed E-state index contributed by atoms with van der Waals surface area (Å²) in [5.74, 6) is 1.94. The van der Waals surface area contributed by atoms with E-state index in [1.54, 1.807) is 0 Å². The molecule has 3 nitrogen and oxygen atoms in total. The Kier molecular flexibility index (Phi) is 6.80. The van der Waals surface area contributed by atoms with Crippen LogP contribution in [0.25, 0.3) is 88.7 Å². The molecule has 1 aromatic heterocycles. The van der Waals surface area contributed by atoms with Crippen LogP contribution in [0.4, 0.5) is 0 Å². The zero-order valence-electron chi connectivity index (χ0n) is 26.1. The van der Waals surface area contributed by atoms with Crippen molar-refractivity contribution in [1.82, 2.24) is 15.0 Å². The number of benzene rings is 8. The molecule has 0 radical (unpaired) electrons. The van der Waals surface area contributed by atoms with Crippen molar-refractivity contribution in [2.24, 2.45) is 0 Å². The maximum Gasteiger partial charge on any atom is 0.165 e. The van der Waals surface area contributed by atoms with Crippen LogP contribution in [-0.2, 0) is 0 Å². The van der Waals surface area contributed by atoms with Gasteiger partial charge in [-0.2, -0.15) is 0 Å². The van der Waals surface area contributed by atoms with Crippen LogP contribution in [0.1, 0.15) is 0 Å². The Hall–Kier alpha value is -6.45. The normalized spacial score (nSPS) is 11.3. The average molecular weight is 612 g/mol. The van der Waals surface area contributed by atoms with Gasteiger partial charge in [0.15, 0.2) is 17.5 Å². The molecule has 48 heavy (non-hydrogen) atoms. The van der Waals surface area contributed by atoms with Gasteiger partial charge < -0.3 is 0 Å². The molecule has 9 aromatic rings. The van der Waals surface area contributed by atoms with Crippen molar-refractivity contribution < 1.29 is 0 Å². The molecule has 0 saturated carbocycles. The molecule has 3 heteroatoms. The third-order valence-corrected chi connectivity index (χ3v) is 9.12. The fraction of sp³-hybridized carbons (Fsp3) is 0. The summed E-state index contributed by atoms with van der Waals surface area (Å²) in [4.78, 5) is 15.7. The maximum atomic E-state index is 5.35. The number of nitrogens with zero attached hydrogens (tertiary/aromatic N) is 3. The molecule has 224 valence electrons. The van der Waals surface area contributed by atoms with Crippen molar-refractivity contribution in [1.29, 1.82) is 0 Å². The van der Waals surface area contributed by atoms with Crippen molar-refractivity contribution in [3.05, 3.63) is 176 Å². The lowest BCUT2D eigenvalue weighted by Gasteiger charge is -2.19. The second-order valence-corrected chi connectivity index (χ2v) is 12.0. The summed E-state index contributed by atoms with van der Waals surface area (Å²) in [6, 6.07) is 61.5. The fourth-order valence-corrected chi connectivity index (χ4v) is 6.97. The summed E-state index contributed by atoms with van der Waals surface area (Å²) in [6.07, 6.45) is 0. The minimum atomic E-state index is 0.642. The molecule has 0 aliphatic carbocycles. The monoisotopic (exact) mass is 611 g/mol. The van der Waals surface area contributed by atoms with Crippen LogP contribution >= 0.6 is 0 Å². The van der Waals surface area contributed by atoms with Crippen molar-refractivity contribution in [3.8, 4) is 56.4 Å². The van der Waals surface area contributed by atoms with Crippen molar-refractivity contribution in [2.45, 2.75) is 0 Å². The Morgan fingerprint density at radius 3 is 1.48 bits per heavy atom. The van der Waals surface area contributed by atoms with E-state index in [2.05, 4.69) is 152 Å². The third-order valence-electron chi connectivity index (χ3n) is 9.12. The molecule has 0 N–H and O–H groups in total. The molecule has 0 aliphatic rings. The summed E-state index contributed by atoms with van der Waals surface area (Å²) in [7, 11) is 0. The molecular formula is C45H29N3. The highest BCUT2D eigenvalue weighted by atomic mass is 15.0. The quantitative estimate of drug-likeness (QED) is 0.144. The van der Waals surface area contributed by atoms with Gasteiger partial charge in [-0.05, 0) is 54.6 Å². The lowest BCUT2D eigenvalue weighted by atomic mass is 9.86. The van der Waals surface area contributed by atoms with Gasteiger partial charge in [-0.1, -0.05) is 176 Å². The first-order valence-corrected chi connectivity index (χ1v) is 16.2. The van der Waals surface area contributed by atoms with Gasteiger partial charge in [-0.25, -0.2) is 15.0 Å². The number of aromatic nitrogens is 3. The van der Waals surface area contributed by atoms with E-state index >= 15 is 0 Å². The van der Waals surface area contributed by atoms with Gasteiger partial charge >= 0.3 is 0 Å². The molecule has 0 saturated heterocycles. The lowest BCUT2D eigenvalue weighted by Crippen LogP contribution is -2.02. The van der Waals surface area contributed by atoms with Crippen molar-refractivity contribution in [2.75, 3.05) is 0 Å². The minimum Gasteiger partial charge on any atom is -0.208 e. The first-order valence-electron chi connectivity index (χ1n) is 16.2. The van der Waals surface area contributed by atoms with Crippen LogP contribution in [0, 0.1) is 0 Å². The fourth-order valence-electron chi connectivity index (χ4n) is 6.97. The molecule has 0 atom stereocenters. The van der Waals surface area contributed by atoms with E-state index in [1.807, 2.05) is 24.3 Å². The van der Waals surface area contributed by atoms with Crippen LogP contribution in [0.5, 0.6) is 0 Å². The van der Waals surface area contributed by atoms with Crippen molar-refractivity contribution in [3.63, 3.8) is 0 Å². The van der Waals surface area contributed by atoms with E-state index in [0.29, 0.717) is 17.5 Å². The highest BCUT2D eigenvalue weighted by molar-refractivity contribution is 6.27. The van der Waals surface area contributed by atoms with Crippen LogP contribution in [0.2, 0.25) is 0 Å². The zero-order chi connectivity index (χ0) is 31.9. The van der Waals surface area contributed by atoms with Gasteiger partial charge in [0.1, 0.15) is 0 Å². The standard InChI is InChI=1S/C45H29N3/c1-4-16-30(17-5-1)34-23-12-15-27-38(34)44-46-43(33-21-8-3-9-22-33)47-45(48-44)42-37-26-14-13-25-36(37)40(32-19-6-2-7-20-32)41-35-24-11-10-18-31(35)28-29-39(41)42/h1-29H. The Bertz CT molecular complexity index is 2600. The Labute approximate surface area is 278 Å². The van der Waals surface area contributed by atoms with Gasteiger partial charge in [0.2, 0.25) is 0 Å². The molecule has 0 aliphatic heterocycles. The van der Waals surface area contributed by atoms with Crippen LogP contribution in [-0.4, -0.2) is 15.0 Å². The van der Waals surface area contributed by atoms with Gasteiger partial charge in [0, 0.05) is 16.7 Å². The smallest absolute Gasteiger partial charge is 0.165 e. The third kappa shape index (κ3) is 4.72. The van der Waals surface area contributed by atoms with Gasteiger partial charge in [0.05, 0.1) is 0 Å². The first-order chi connectivity index (χ1) is 23.8. The second-order valence-electron chi connectivity index (χ2n) is 12.0. The molecular weight excluding hydrogens is 583 g/mol. The van der Waals surface area contributed by atoms with Crippen LogP contribution in [0.3, 0.4) is 0 Å². The predicted molar refractivity (Wildman–Crippen MR) is 200 cm³/mol. The summed E-state index contributed by atoms with van der Waals surface area (Å²) in [5.41, 5.74) is 7.50. The SMILES string of the molecule is c1ccc(-c2nc(-c3ccccc3-c3ccccc3)nc(-c3c4ccccc4c(-c4ccccc4)c4c3ccc3ccccc34)n2)cc1. The zero-order valence-corrected chi connectivity index (χ0v) is 26.1. The highest BCUT2D eigenvalue weighted by Crippen LogP contribution is 2.46. The van der Waals surface area contributed by atoms with E-state index in [1.165, 1.54) is 27.3 Å². The minimum absolute atomic E-state index is 0.642. The Balaban J connectivity index is 1.42. The van der Waals surface area contributed by atoms with E-state index < -0.39 is 0 Å². The number of rotatable bonds is 5.